The van der Waals surface area contributed by atoms with E-state index >= 15 is 0 Å². The van der Waals surface area contributed by atoms with Crippen molar-refractivity contribution in [3.8, 4) is 0 Å². The van der Waals surface area contributed by atoms with Crippen molar-refractivity contribution in [1.29, 1.82) is 0 Å². The molecule has 1 aromatic carbocycles. The minimum absolute atomic E-state index is 0.0694. The summed E-state index contributed by atoms with van der Waals surface area (Å²) < 4.78 is 5.45. The summed E-state index contributed by atoms with van der Waals surface area (Å²) in [5, 5.41) is 4.08. The van der Waals surface area contributed by atoms with Crippen molar-refractivity contribution >= 4 is 34.8 Å². The smallest absolute Gasteiger partial charge is 0.242 e. The van der Waals surface area contributed by atoms with E-state index < -0.39 is 0 Å². The van der Waals surface area contributed by atoms with Crippen LogP contribution in [0.3, 0.4) is 0 Å². The fourth-order valence-corrected chi connectivity index (χ4v) is 2.19. The van der Waals surface area contributed by atoms with Crippen LogP contribution in [-0.4, -0.2) is 24.4 Å². The number of likely N-dealkylation sites (N-methyl/N-ethyl adjacent to an activating group) is 1. The number of amides is 1. The Morgan fingerprint density at radius 1 is 1.29 bits per heavy atom. The second-order valence-corrected chi connectivity index (χ2v) is 5.58. The molecule has 1 N–H and O–H groups in total. The van der Waals surface area contributed by atoms with Crippen molar-refractivity contribution in [2.75, 3.05) is 18.9 Å². The SMILES string of the molecule is Cc1ccc(CN(C)C(=O)CNc2cc(Cl)ccc2Cl)o1. The van der Waals surface area contributed by atoms with Gasteiger partial charge in [-0.1, -0.05) is 23.2 Å². The van der Waals surface area contributed by atoms with Gasteiger partial charge < -0.3 is 14.6 Å². The van der Waals surface area contributed by atoms with Gasteiger partial charge in [0.1, 0.15) is 11.5 Å². The van der Waals surface area contributed by atoms with Gasteiger partial charge in [-0.05, 0) is 37.3 Å². The fraction of sp³-hybridized carbons (Fsp3) is 0.267. The minimum Gasteiger partial charge on any atom is -0.464 e. The molecule has 0 unspecified atom stereocenters. The zero-order valence-electron chi connectivity index (χ0n) is 11.8. The molecule has 0 atom stereocenters. The van der Waals surface area contributed by atoms with Crippen LogP contribution in [0.1, 0.15) is 11.5 Å². The number of furan rings is 1. The Balaban J connectivity index is 1.90. The van der Waals surface area contributed by atoms with E-state index in [1.54, 1.807) is 30.1 Å². The van der Waals surface area contributed by atoms with E-state index in [-0.39, 0.29) is 12.5 Å². The number of carbonyl (C=O) groups is 1. The summed E-state index contributed by atoms with van der Waals surface area (Å²) in [5.74, 6) is 1.51. The van der Waals surface area contributed by atoms with Gasteiger partial charge in [0.05, 0.1) is 23.8 Å². The van der Waals surface area contributed by atoms with Crippen LogP contribution in [0.4, 0.5) is 5.69 Å². The molecule has 0 fully saturated rings. The zero-order chi connectivity index (χ0) is 15.4. The normalized spacial score (nSPS) is 10.5. The van der Waals surface area contributed by atoms with Gasteiger partial charge in [-0.25, -0.2) is 0 Å². The molecule has 0 aliphatic rings. The summed E-state index contributed by atoms with van der Waals surface area (Å²) in [6, 6.07) is 8.80. The third kappa shape index (κ3) is 4.41. The van der Waals surface area contributed by atoms with Crippen LogP contribution in [0, 0.1) is 6.92 Å². The topological polar surface area (TPSA) is 45.5 Å². The Bertz CT molecular complexity index is 640. The number of rotatable bonds is 5. The second-order valence-electron chi connectivity index (χ2n) is 4.74. The number of benzene rings is 1. The number of nitrogens with one attached hydrogen (secondary N) is 1. The first-order valence-corrected chi connectivity index (χ1v) is 7.19. The van der Waals surface area contributed by atoms with Crippen molar-refractivity contribution in [2.45, 2.75) is 13.5 Å². The Labute approximate surface area is 133 Å². The number of halogens is 2. The molecule has 0 bridgehead atoms. The fourth-order valence-electron chi connectivity index (χ4n) is 1.83. The Morgan fingerprint density at radius 2 is 2.05 bits per heavy atom. The van der Waals surface area contributed by atoms with E-state index in [1.165, 1.54) is 0 Å². The molecule has 21 heavy (non-hydrogen) atoms. The lowest BCUT2D eigenvalue weighted by molar-refractivity contribution is -0.128. The van der Waals surface area contributed by atoms with Gasteiger partial charge >= 0.3 is 0 Å². The molecule has 4 nitrogen and oxygen atoms in total. The van der Waals surface area contributed by atoms with Crippen molar-refractivity contribution < 1.29 is 9.21 Å². The van der Waals surface area contributed by atoms with Gasteiger partial charge in [0.25, 0.3) is 0 Å². The Morgan fingerprint density at radius 3 is 2.71 bits per heavy atom. The third-order valence-electron chi connectivity index (χ3n) is 2.97. The average Bonchev–Trinajstić information content (AvgIpc) is 2.84. The number of anilines is 1. The van der Waals surface area contributed by atoms with Gasteiger partial charge in [-0.2, -0.15) is 0 Å². The van der Waals surface area contributed by atoms with E-state index in [0.29, 0.717) is 22.3 Å². The highest BCUT2D eigenvalue weighted by atomic mass is 35.5. The van der Waals surface area contributed by atoms with Gasteiger partial charge in [0, 0.05) is 12.1 Å². The largest absolute Gasteiger partial charge is 0.464 e. The van der Waals surface area contributed by atoms with Crippen LogP contribution in [-0.2, 0) is 11.3 Å². The Hall–Kier alpha value is -1.65. The van der Waals surface area contributed by atoms with Crippen LogP contribution < -0.4 is 5.32 Å². The molecule has 2 rings (SSSR count). The van der Waals surface area contributed by atoms with Crippen LogP contribution in [0.15, 0.2) is 34.7 Å². The van der Waals surface area contributed by atoms with Crippen molar-refractivity contribution in [3.05, 3.63) is 51.9 Å². The lowest BCUT2D eigenvalue weighted by Gasteiger charge is -2.17. The van der Waals surface area contributed by atoms with E-state index in [1.807, 2.05) is 19.1 Å². The second kappa shape index (κ2) is 6.87. The lowest BCUT2D eigenvalue weighted by atomic mass is 10.3. The summed E-state index contributed by atoms with van der Waals surface area (Å²) >= 11 is 11.9. The number of nitrogens with zero attached hydrogens (tertiary/aromatic N) is 1. The first-order valence-electron chi connectivity index (χ1n) is 6.44. The molecular weight excluding hydrogens is 311 g/mol. The summed E-state index contributed by atoms with van der Waals surface area (Å²) in [4.78, 5) is 13.7. The quantitative estimate of drug-likeness (QED) is 0.904. The van der Waals surface area contributed by atoms with Crippen LogP contribution in [0.5, 0.6) is 0 Å². The molecule has 0 saturated carbocycles. The van der Waals surface area contributed by atoms with Crippen molar-refractivity contribution in [3.63, 3.8) is 0 Å². The molecule has 1 heterocycles. The summed E-state index contributed by atoms with van der Waals surface area (Å²) in [6.45, 7) is 2.43. The van der Waals surface area contributed by atoms with Gasteiger partial charge in [0.2, 0.25) is 5.91 Å². The lowest BCUT2D eigenvalue weighted by Crippen LogP contribution is -2.31. The molecular formula is C15H16Cl2N2O2. The maximum atomic E-state index is 12.1. The summed E-state index contributed by atoms with van der Waals surface area (Å²) in [7, 11) is 1.72. The van der Waals surface area contributed by atoms with Crippen molar-refractivity contribution in [1.82, 2.24) is 4.90 Å². The Kier molecular flexibility index (Phi) is 5.15. The molecule has 1 amide bonds. The monoisotopic (exact) mass is 326 g/mol. The molecule has 0 saturated heterocycles. The number of aryl methyl sites for hydroxylation is 1. The molecule has 1 aromatic heterocycles. The zero-order valence-corrected chi connectivity index (χ0v) is 13.3. The summed E-state index contributed by atoms with van der Waals surface area (Å²) in [6.07, 6.45) is 0. The van der Waals surface area contributed by atoms with E-state index in [4.69, 9.17) is 27.6 Å². The van der Waals surface area contributed by atoms with Gasteiger partial charge in [-0.3, -0.25) is 4.79 Å². The maximum Gasteiger partial charge on any atom is 0.242 e. The van der Waals surface area contributed by atoms with Crippen molar-refractivity contribution in [2.24, 2.45) is 0 Å². The van der Waals surface area contributed by atoms with Gasteiger partial charge in [0.15, 0.2) is 0 Å². The first kappa shape index (κ1) is 15.7. The molecule has 6 heteroatoms. The van der Waals surface area contributed by atoms with Crippen LogP contribution in [0.25, 0.3) is 0 Å². The highest BCUT2D eigenvalue weighted by Crippen LogP contribution is 2.25. The molecule has 0 spiro atoms. The van der Waals surface area contributed by atoms with E-state index in [2.05, 4.69) is 5.32 Å². The van der Waals surface area contributed by atoms with E-state index in [0.717, 1.165) is 11.5 Å². The van der Waals surface area contributed by atoms with Gasteiger partial charge in [-0.15, -0.1) is 0 Å². The standard InChI is InChI=1S/C15H16Cl2N2O2/c1-10-3-5-12(21-10)9-19(2)15(20)8-18-14-7-11(16)4-6-13(14)17/h3-7,18H,8-9H2,1-2H3. The highest BCUT2D eigenvalue weighted by Gasteiger charge is 2.12. The first-order chi connectivity index (χ1) is 9.95. The molecule has 0 aliphatic heterocycles. The third-order valence-corrected chi connectivity index (χ3v) is 3.54. The van der Waals surface area contributed by atoms with Crippen LogP contribution in [0.2, 0.25) is 10.0 Å². The number of carbonyl (C=O) groups excluding carboxylic acids is 1. The predicted octanol–water partition coefficient (Wildman–Crippen LogP) is 3.97. The number of hydrogen-bond acceptors (Lipinski definition) is 3. The summed E-state index contributed by atoms with van der Waals surface area (Å²) in [5.41, 5.74) is 0.639. The average molecular weight is 327 g/mol. The van der Waals surface area contributed by atoms with E-state index in [9.17, 15) is 4.79 Å². The molecule has 0 aliphatic carbocycles. The molecule has 112 valence electrons. The number of hydrogen-bond donors (Lipinski definition) is 1. The van der Waals surface area contributed by atoms with Crippen LogP contribution >= 0.6 is 23.2 Å². The molecule has 2 aromatic rings. The maximum absolute atomic E-state index is 12.1. The molecule has 0 radical (unpaired) electrons. The predicted molar refractivity (Wildman–Crippen MR) is 84.9 cm³/mol. The minimum atomic E-state index is -0.0694. The highest BCUT2D eigenvalue weighted by molar-refractivity contribution is 6.35.